The van der Waals surface area contributed by atoms with Crippen molar-refractivity contribution in [2.24, 2.45) is 5.92 Å². The number of rotatable bonds is 38. The van der Waals surface area contributed by atoms with Crippen LogP contribution in [0.5, 0.6) is 0 Å². The van der Waals surface area contributed by atoms with Gasteiger partial charge in [0.15, 0.2) is 0 Å². The van der Waals surface area contributed by atoms with Crippen molar-refractivity contribution >= 4 is 18.1 Å². The third kappa shape index (κ3) is 40.2. The summed E-state index contributed by atoms with van der Waals surface area (Å²) in [6.45, 7) is 5.41. The van der Waals surface area contributed by atoms with Gasteiger partial charge < -0.3 is 24.3 Å². The average Bonchev–Trinajstić information content (AvgIpc) is 3.16. The highest BCUT2D eigenvalue weighted by Crippen LogP contribution is 2.12. The van der Waals surface area contributed by atoms with Gasteiger partial charge in [0.25, 0.3) is 0 Å². The van der Waals surface area contributed by atoms with Gasteiger partial charge in [0.05, 0.1) is 12.5 Å². The summed E-state index contributed by atoms with van der Waals surface area (Å²) in [5.74, 6) is -1.03. The number of nitrogens with one attached hydrogen (secondary N) is 1. The Morgan fingerprint density at radius 1 is 0.472 bits per heavy atom. The lowest BCUT2D eigenvalue weighted by Gasteiger charge is -2.17. The highest BCUT2D eigenvalue weighted by molar-refractivity contribution is 5.69. The maximum Gasteiger partial charge on any atom is 0.508 e. The van der Waals surface area contributed by atoms with Gasteiger partial charge in [-0.05, 0) is 97.1 Å². The van der Waals surface area contributed by atoms with Crippen LogP contribution >= 0.6 is 0 Å². The van der Waals surface area contributed by atoms with Crippen molar-refractivity contribution in [3.63, 3.8) is 0 Å². The lowest BCUT2D eigenvalue weighted by molar-refractivity contribution is -0.150. The third-order valence-electron chi connectivity index (χ3n) is 8.85. The number of ether oxygens (including phenoxy) is 4. The lowest BCUT2D eigenvalue weighted by Crippen LogP contribution is -2.26. The first-order valence-corrected chi connectivity index (χ1v) is 21.4. The van der Waals surface area contributed by atoms with Crippen molar-refractivity contribution in [2.45, 2.75) is 174 Å². The zero-order chi connectivity index (χ0) is 38.7. The van der Waals surface area contributed by atoms with Gasteiger partial charge in [0.1, 0.15) is 19.8 Å². The molecule has 8 heteroatoms. The van der Waals surface area contributed by atoms with Gasteiger partial charge in [-0.2, -0.15) is 0 Å². The van der Waals surface area contributed by atoms with Crippen LogP contribution in [0, 0.1) is 5.92 Å². The molecule has 0 rings (SSSR count). The second-order valence-electron chi connectivity index (χ2n) is 14.1. The molecule has 0 aromatic heterocycles. The second kappa shape index (κ2) is 41.9. The molecule has 0 amide bonds. The molecule has 53 heavy (non-hydrogen) atoms. The molecule has 0 radical (unpaired) electrons. The van der Waals surface area contributed by atoms with E-state index >= 15 is 0 Å². The first-order chi connectivity index (χ1) is 26.0. The predicted molar refractivity (Wildman–Crippen MR) is 220 cm³/mol. The predicted octanol–water partition coefficient (Wildman–Crippen LogP) is 12.1. The van der Waals surface area contributed by atoms with E-state index < -0.39 is 12.1 Å². The zero-order valence-electron chi connectivity index (χ0n) is 34.3. The number of hydrogen-bond acceptors (Lipinski definition) is 8. The number of esters is 2. The molecular weight excluding hydrogens is 666 g/mol. The minimum absolute atomic E-state index is 0.0170. The molecule has 0 aromatic rings. The maximum absolute atomic E-state index is 12.4. The van der Waals surface area contributed by atoms with Crippen LogP contribution in [0.4, 0.5) is 4.79 Å². The van der Waals surface area contributed by atoms with Gasteiger partial charge in [-0.1, -0.05) is 127 Å². The summed E-state index contributed by atoms with van der Waals surface area (Å²) < 4.78 is 21.3. The average molecular weight is 746 g/mol. The minimum Gasteiger partial charge on any atom is -0.465 e. The SMILES string of the molecule is CCCCC/C=C\C/C=C\CCCCCCCC(=O)OCC(COC(=O)CCCCCCC/C=C\C/C=C\CCCCC)COC(=O)OCCCNC. The molecule has 306 valence electrons. The maximum atomic E-state index is 12.4. The second-order valence-corrected chi connectivity index (χ2v) is 14.1. The summed E-state index contributed by atoms with van der Waals surface area (Å²) in [6, 6.07) is 0. The van der Waals surface area contributed by atoms with E-state index in [9.17, 15) is 14.4 Å². The monoisotopic (exact) mass is 746 g/mol. The summed E-state index contributed by atoms with van der Waals surface area (Å²) in [6.07, 6.45) is 43.4. The molecule has 0 heterocycles. The highest BCUT2D eigenvalue weighted by Gasteiger charge is 2.18. The van der Waals surface area contributed by atoms with E-state index in [1.54, 1.807) is 0 Å². The van der Waals surface area contributed by atoms with E-state index in [2.05, 4.69) is 67.8 Å². The zero-order valence-corrected chi connectivity index (χ0v) is 34.3. The van der Waals surface area contributed by atoms with Crippen molar-refractivity contribution in [3.05, 3.63) is 48.6 Å². The molecular formula is C45H79NO7. The van der Waals surface area contributed by atoms with Crippen LogP contribution in [0.25, 0.3) is 0 Å². The number of carbonyl (C=O) groups excluding carboxylic acids is 3. The Morgan fingerprint density at radius 3 is 1.30 bits per heavy atom. The molecule has 0 aliphatic carbocycles. The van der Waals surface area contributed by atoms with Crippen LogP contribution in [0.15, 0.2) is 48.6 Å². The van der Waals surface area contributed by atoms with Gasteiger partial charge in [-0.15, -0.1) is 0 Å². The van der Waals surface area contributed by atoms with Gasteiger partial charge in [-0.25, -0.2) is 4.79 Å². The Balaban J connectivity index is 4.23. The van der Waals surface area contributed by atoms with Gasteiger partial charge in [0.2, 0.25) is 0 Å². The summed E-state index contributed by atoms with van der Waals surface area (Å²) >= 11 is 0. The van der Waals surface area contributed by atoms with Gasteiger partial charge >= 0.3 is 18.1 Å². The van der Waals surface area contributed by atoms with E-state index in [1.165, 1.54) is 51.4 Å². The Morgan fingerprint density at radius 2 is 0.868 bits per heavy atom. The first kappa shape index (κ1) is 50.1. The molecule has 1 N–H and O–H groups in total. The molecule has 0 atom stereocenters. The minimum atomic E-state index is -0.779. The molecule has 0 saturated carbocycles. The number of carbonyl (C=O) groups is 3. The summed E-state index contributed by atoms with van der Waals surface area (Å²) in [7, 11) is 1.83. The molecule has 0 aliphatic heterocycles. The van der Waals surface area contributed by atoms with E-state index in [4.69, 9.17) is 18.9 Å². The van der Waals surface area contributed by atoms with Crippen LogP contribution < -0.4 is 5.32 Å². The third-order valence-corrected chi connectivity index (χ3v) is 8.85. The quantitative estimate of drug-likeness (QED) is 0.0288. The van der Waals surface area contributed by atoms with Crippen LogP contribution in [0.3, 0.4) is 0 Å². The summed E-state index contributed by atoms with van der Waals surface area (Å²) in [5, 5.41) is 2.99. The van der Waals surface area contributed by atoms with Crippen LogP contribution in [-0.2, 0) is 28.5 Å². The number of allylic oxidation sites excluding steroid dienone is 8. The van der Waals surface area contributed by atoms with E-state index in [-0.39, 0.29) is 38.4 Å². The smallest absolute Gasteiger partial charge is 0.465 e. The largest absolute Gasteiger partial charge is 0.508 e. The molecule has 0 aliphatic rings. The van der Waals surface area contributed by atoms with Gasteiger partial charge in [-0.3, -0.25) is 9.59 Å². The van der Waals surface area contributed by atoms with Crippen molar-refractivity contribution < 1.29 is 33.3 Å². The van der Waals surface area contributed by atoms with Crippen LogP contribution in [0.1, 0.15) is 174 Å². The fraction of sp³-hybridized carbons (Fsp3) is 0.756. The molecule has 0 saturated heterocycles. The fourth-order valence-corrected chi connectivity index (χ4v) is 5.50. The van der Waals surface area contributed by atoms with Crippen LogP contribution in [0.2, 0.25) is 0 Å². The Labute approximate surface area is 325 Å². The summed E-state index contributed by atoms with van der Waals surface area (Å²) in [4.78, 5) is 36.9. The molecule has 0 spiro atoms. The highest BCUT2D eigenvalue weighted by atomic mass is 16.7. The molecule has 0 aromatic carbocycles. The molecule has 0 fully saturated rings. The van der Waals surface area contributed by atoms with Crippen molar-refractivity contribution in [2.75, 3.05) is 40.0 Å². The Kier molecular flexibility index (Phi) is 39.6. The fourth-order valence-electron chi connectivity index (χ4n) is 5.50. The Hall–Kier alpha value is -2.87. The molecule has 8 nitrogen and oxygen atoms in total. The molecule has 0 bridgehead atoms. The number of unbranched alkanes of at least 4 members (excludes halogenated alkanes) is 16. The standard InChI is InChI=1S/C45H79NO7/c1-4-6-8-10-12-14-16-18-20-22-24-26-28-30-32-35-43(47)51-39-42(41-53-45(49)50-38-34-37-46-3)40-52-44(48)36-33-31-29-27-25-23-21-19-17-15-13-11-9-7-5-2/h12-15,18-21,42,46H,4-11,16-17,22-41H2,1-3H3/b14-12-,15-13-,20-18-,21-19-. The number of hydrogen-bond donors (Lipinski definition) is 1. The normalized spacial score (nSPS) is 11.8. The molecule has 0 unspecified atom stereocenters. The van der Waals surface area contributed by atoms with Crippen molar-refractivity contribution in [3.8, 4) is 0 Å². The van der Waals surface area contributed by atoms with Crippen LogP contribution in [-0.4, -0.2) is 58.1 Å². The van der Waals surface area contributed by atoms with E-state index in [0.29, 0.717) is 19.3 Å². The van der Waals surface area contributed by atoms with Crippen molar-refractivity contribution in [1.29, 1.82) is 0 Å². The van der Waals surface area contributed by atoms with Crippen molar-refractivity contribution in [1.82, 2.24) is 5.32 Å². The van der Waals surface area contributed by atoms with E-state index in [1.807, 2.05) is 7.05 Å². The summed E-state index contributed by atoms with van der Waals surface area (Å²) in [5.41, 5.74) is 0. The first-order valence-electron chi connectivity index (χ1n) is 21.4. The topological polar surface area (TPSA) is 100 Å². The van der Waals surface area contributed by atoms with Gasteiger partial charge in [0, 0.05) is 12.8 Å². The lowest BCUT2D eigenvalue weighted by atomic mass is 10.1. The van der Waals surface area contributed by atoms with E-state index in [0.717, 1.165) is 96.4 Å². The Bertz CT molecular complexity index is 896.